The highest BCUT2D eigenvalue weighted by atomic mass is 35.5. The second-order valence-electron chi connectivity index (χ2n) is 9.27. The molecule has 0 amide bonds. The number of pyridine rings is 1. The number of hydrogen-bond acceptors (Lipinski definition) is 5. The van der Waals surface area contributed by atoms with E-state index in [9.17, 15) is 19.8 Å². The maximum atomic E-state index is 11.7. The Bertz CT molecular complexity index is 1460. The number of fused-ring (bicyclic) bond motifs is 1. The molecule has 2 unspecified atom stereocenters. The Kier molecular flexibility index (Phi) is 9.85. The molecule has 0 bridgehead atoms. The van der Waals surface area contributed by atoms with Gasteiger partial charge >= 0.3 is 11.9 Å². The molecule has 0 saturated heterocycles. The van der Waals surface area contributed by atoms with Crippen LogP contribution in [-0.4, -0.2) is 32.9 Å². The number of benzene rings is 3. The van der Waals surface area contributed by atoms with E-state index >= 15 is 0 Å². The van der Waals surface area contributed by atoms with Crippen LogP contribution in [0.4, 0.5) is 0 Å². The minimum absolute atomic E-state index is 0.0373. The molecule has 2 atom stereocenters. The third kappa shape index (κ3) is 7.74. The molecular formula is C31H30ClNO5S. The standard InChI is InChI=1S/C31H30ClNO5S/c1-2-20(30(34)35)19-39-29(15-12-21-6-3-4-9-27(21)31(36)37)23-7-5-8-26(16-23)38-18-25-14-11-22-10-13-24(32)17-28(22)33-25/h3-11,13-14,16-17,20,29H,2,12,15,18-19H2,1H3,(H,34,35)(H,36,37). The topological polar surface area (TPSA) is 96.7 Å². The number of carboxylic acids is 2. The number of aryl methyl sites for hydroxylation is 1. The number of aromatic nitrogens is 1. The van der Waals surface area contributed by atoms with Crippen molar-refractivity contribution >= 4 is 46.2 Å². The van der Waals surface area contributed by atoms with Crippen molar-refractivity contribution in [3.05, 3.63) is 106 Å². The van der Waals surface area contributed by atoms with Crippen molar-refractivity contribution in [2.45, 2.75) is 38.0 Å². The van der Waals surface area contributed by atoms with Crippen LogP contribution < -0.4 is 4.74 Å². The molecule has 0 aliphatic carbocycles. The van der Waals surface area contributed by atoms with E-state index in [1.165, 1.54) is 0 Å². The van der Waals surface area contributed by atoms with Crippen LogP contribution in [0.3, 0.4) is 0 Å². The number of ether oxygens (including phenoxy) is 1. The molecule has 6 nitrogen and oxygen atoms in total. The maximum Gasteiger partial charge on any atom is 0.335 e. The number of carboxylic acid groups (broad SMARTS) is 2. The Morgan fingerprint density at radius 1 is 1.00 bits per heavy atom. The van der Waals surface area contributed by atoms with Crippen molar-refractivity contribution in [2.24, 2.45) is 5.92 Å². The van der Waals surface area contributed by atoms with E-state index in [4.69, 9.17) is 16.3 Å². The third-order valence-electron chi connectivity index (χ3n) is 6.59. The molecular weight excluding hydrogens is 534 g/mol. The molecule has 0 saturated carbocycles. The molecule has 1 heterocycles. The summed E-state index contributed by atoms with van der Waals surface area (Å²) < 4.78 is 6.08. The van der Waals surface area contributed by atoms with Gasteiger partial charge < -0.3 is 14.9 Å². The van der Waals surface area contributed by atoms with Gasteiger partial charge in [0.1, 0.15) is 12.4 Å². The van der Waals surface area contributed by atoms with Gasteiger partial charge in [-0.15, -0.1) is 0 Å². The Morgan fingerprint density at radius 3 is 2.56 bits per heavy atom. The van der Waals surface area contributed by atoms with Gasteiger partial charge in [0.15, 0.2) is 0 Å². The van der Waals surface area contributed by atoms with E-state index in [0.717, 1.165) is 27.7 Å². The first-order chi connectivity index (χ1) is 18.8. The van der Waals surface area contributed by atoms with Crippen LogP contribution in [0.5, 0.6) is 5.75 Å². The average molecular weight is 564 g/mol. The van der Waals surface area contributed by atoms with Gasteiger partial charge in [-0.3, -0.25) is 4.79 Å². The molecule has 3 aromatic carbocycles. The molecule has 1 aromatic heterocycles. The van der Waals surface area contributed by atoms with Crippen molar-refractivity contribution in [1.29, 1.82) is 0 Å². The van der Waals surface area contributed by atoms with Crippen molar-refractivity contribution in [3.63, 3.8) is 0 Å². The van der Waals surface area contributed by atoms with Crippen LogP contribution in [-0.2, 0) is 17.8 Å². The van der Waals surface area contributed by atoms with E-state index in [-0.39, 0.29) is 11.9 Å². The van der Waals surface area contributed by atoms with Crippen LogP contribution in [0, 0.1) is 5.92 Å². The second kappa shape index (κ2) is 13.5. The molecule has 0 radical (unpaired) electrons. The largest absolute Gasteiger partial charge is 0.487 e. The summed E-state index contributed by atoms with van der Waals surface area (Å²) >= 11 is 7.70. The number of hydrogen-bond donors (Lipinski definition) is 2. The second-order valence-corrected chi connectivity index (χ2v) is 10.9. The van der Waals surface area contributed by atoms with Crippen molar-refractivity contribution in [3.8, 4) is 5.75 Å². The van der Waals surface area contributed by atoms with E-state index in [1.54, 1.807) is 23.9 Å². The zero-order valence-electron chi connectivity index (χ0n) is 21.5. The minimum Gasteiger partial charge on any atom is -0.487 e. The molecule has 39 heavy (non-hydrogen) atoms. The molecule has 202 valence electrons. The molecule has 0 aliphatic rings. The van der Waals surface area contributed by atoms with Gasteiger partial charge in [-0.2, -0.15) is 11.8 Å². The quantitative estimate of drug-likeness (QED) is 0.172. The Morgan fingerprint density at radius 2 is 1.79 bits per heavy atom. The molecule has 4 aromatic rings. The third-order valence-corrected chi connectivity index (χ3v) is 8.33. The van der Waals surface area contributed by atoms with E-state index in [0.29, 0.717) is 41.4 Å². The number of aromatic carboxylic acids is 1. The van der Waals surface area contributed by atoms with E-state index in [1.807, 2.05) is 73.7 Å². The smallest absolute Gasteiger partial charge is 0.335 e. The lowest BCUT2D eigenvalue weighted by molar-refractivity contribution is -0.140. The molecule has 0 aliphatic heterocycles. The molecule has 4 rings (SSSR count). The van der Waals surface area contributed by atoms with Gasteiger partial charge in [-0.05, 0) is 66.8 Å². The predicted molar refractivity (Wildman–Crippen MR) is 156 cm³/mol. The SMILES string of the molecule is CCC(CSC(CCc1ccccc1C(=O)O)c1cccc(OCc2ccc3ccc(Cl)cc3n2)c1)C(=O)O. The summed E-state index contributed by atoms with van der Waals surface area (Å²) in [6, 6.07) is 24.3. The van der Waals surface area contributed by atoms with Gasteiger partial charge in [0.05, 0.1) is 22.7 Å². The van der Waals surface area contributed by atoms with Crippen LogP contribution in [0.1, 0.15) is 52.2 Å². The highest BCUT2D eigenvalue weighted by molar-refractivity contribution is 7.99. The monoisotopic (exact) mass is 563 g/mol. The highest BCUT2D eigenvalue weighted by Gasteiger charge is 2.21. The zero-order chi connectivity index (χ0) is 27.8. The van der Waals surface area contributed by atoms with Crippen LogP contribution in [0.25, 0.3) is 10.9 Å². The summed E-state index contributed by atoms with van der Waals surface area (Å²) in [5.74, 6) is -1.06. The Hall–Kier alpha value is -3.55. The Balaban J connectivity index is 1.51. The lowest BCUT2D eigenvalue weighted by atomic mass is 9.99. The summed E-state index contributed by atoms with van der Waals surface area (Å²) in [4.78, 5) is 28.0. The van der Waals surface area contributed by atoms with Crippen LogP contribution in [0.15, 0.2) is 78.9 Å². The van der Waals surface area contributed by atoms with Gasteiger partial charge in [0, 0.05) is 21.4 Å². The lowest BCUT2D eigenvalue weighted by Crippen LogP contribution is -2.16. The molecule has 0 fully saturated rings. The molecule has 8 heteroatoms. The van der Waals surface area contributed by atoms with Crippen molar-refractivity contribution in [1.82, 2.24) is 4.98 Å². The Labute approximate surface area is 237 Å². The van der Waals surface area contributed by atoms with Crippen molar-refractivity contribution < 1.29 is 24.5 Å². The van der Waals surface area contributed by atoms with E-state index < -0.39 is 17.9 Å². The van der Waals surface area contributed by atoms with Gasteiger partial charge in [-0.25, -0.2) is 9.78 Å². The number of thioether (sulfide) groups is 1. The summed E-state index contributed by atoms with van der Waals surface area (Å²) in [5.41, 5.74) is 3.64. The van der Waals surface area contributed by atoms with Crippen LogP contribution >= 0.6 is 23.4 Å². The fraction of sp³-hybridized carbons (Fsp3) is 0.258. The summed E-state index contributed by atoms with van der Waals surface area (Å²) in [7, 11) is 0. The first-order valence-electron chi connectivity index (χ1n) is 12.8. The number of nitrogens with zero attached hydrogens (tertiary/aromatic N) is 1. The molecule has 2 N–H and O–H groups in total. The van der Waals surface area contributed by atoms with Gasteiger partial charge in [0.25, 0.3) is 0 Å². The van der Waals surface area contributed by atoms with Gasteiger partial charge in [-0.1, -0.05) is 61.0 Å². The fourth-order valence-electron chi connectivity index (χ4n) is 4.35. The van der Waals surface area contributed by atoms with Crippen molar-refractivity contribution in [2.75, 3.05) is 5.75 Å². The molecule has 0 spiro atoms. The minimum atomic E-state index is -0.952. The van der Waals surface area contributed by atoms with E-state index in [2.05, 4.69) is 4.98 Å². The van der Waals surface area contributed by atoms with Crippen LogP contribution in [0.2, 0.25) is 5.02 Å². The average Bonchev–Trinajstić information content (AvgIpc) is 2.93. The summed E-state index contributed by atoms with van der Waals surface area (Å²) in [6.45, 7) is 2.16. The number of carbonyl (C=O) groups is 2. The predicted octanol–water partition coefficient (Wildman–Crippen LogP) is 7.68. The number of rotatable bonds is 13. The first-order valence-corrected chi connectivity index (χ1v) is 14.2. The number of halogens is 1. The van der Waals surface area contributed by atoms with Gasteiger partial charge in [0.2, 0.25) is 0 Å². The lowest BCUT2D eigenvalue weighted by Gasteiger charge is -2.20. The summed E-state index contributed by atoms with van der Waals surface area (Å²) in [5, 5.41) is 20.7. The zero-order valence-corrected chi connectivity index (χ0v) is 23.1. The number of aliphatic carboxylic acids is 1. The first kappa shape index (κ1) is 28.5. The normalized spacial score (nSPS) is 12.7. The fourth-order valence-corrected chi connectivity index (χ4v) is 5.98. The summed E-state index contributed by atoms with van der Waals surface area (Å²) in [6.07, 6.45) is 1.75. The maximum absolute atomic E-state index is 11.7. The highest BCUT2D eigenvalue weighted by Crippen LogP contribution is 2.37.